The Kier molecular flexibility index (Phi) is 2.61. The fourth-order valence-corrected chi connectivity index (χ4v) is 1.63. The van der Waals surface area contributed by atoms with Crippen LogP contribution >= 0.6 is 23.8 Å². The van der Waals surface area contributed by atoms with Crippen molar-refractivity contribution in [2.75, 3.05) is 0 Å². The molecule has 0 unspecified atom stereocenters. The third-order valence-electron chi connectivity index (χ3n) is 1.76. The third kappa shape index (κ3) is 2.00. The highest BCUT2D eigenvalue weighted by Crippen LogP contribution is 2.15. The van der Waals surface area contributed by atoms with Gasteiger partial charge in [-0.15, -0.1) is 0 Å². The summed E-state index contributed by atoms with van der Waals surface area (Å²) in [5.74, 6) is 0.697. The van der Waals surface area contributed by atoms with Crippen molar-refractivity contribution in [3.63, 3.8) is 0 Å². The molecule has 0 saturated heterocycles. The summed E-state index contributed by atoms with van der Waals surface area (Å²) >= 11 is 10.8. The zero-order valence-electron chi connectivity index (χ0n) is 7.20. The molecule has 2 nitrogen and oxygen atoms in total. The molecule has 0 amide bonds. The minimum absolute atomic E-state index is 0.493. The zero-order chi connectivity index (χ0) is 9.97. The highest BCUT2D eigenvalue weighted by Gasteiger charge is 1.99. The Hall–Kier alpha value is -1.19. The van der Waals surface area contributed by atoms with Crippen LogP contribution in [0.5, 0.6) is 0 Å². The number of aromatic amines is 1. The molecule has 0 radical (unpaired) electrons. The van der Waals surface area contributed by atoms with Crippen molar-refractivity contribution in [1.29, 1.82) is 0 Å². The third-order valence-corrected chi connectivity index (χ3v) is 2.17. The van der Waals surface area contributed by atoms with Crippen molar-refractivity contribution in [3.05, 3.63) is 46.2 Å². The van der Waals surface area contributed by atoms with Crippen LogP contribution in [0.4, 0.5) is 0 Å². The number of nitrogens with zero attached hydrogens (tertiary/aromatic N) is 1. The Labute approximate surface area is 91.6 Å². The first kappa shape index (κ1) is 9.37. The molecular formula is C10H7ClN2S. The van der Waals surface area contributed by atoms with Crippen LogP contribution in [0.25, 0.3) is 11.4 Å². The molecule has 1 aromatic carbocycles. The Morgan fingerprint density at radius 3 is 2.57 bits per heavy atom. The van der Waals surface area contributed by atoms with Gasteiger partial charge in [-0.25, -0.2) is 4.98 Å². The van der Waals surface area contributed by atoms with Crippen molar-refractivity contribution in [3.8, 4) is 11.4 Å². The van der Waals surface area contributed by atoms with E-state index in [1.807, 2.05) is 30.3 Å². The Morgan fingerprint density at radius 1 is 1.21 bits per heavy atom. The van der Waals surface area contributed by atoms with E-state index in [2.05, 4.69) is 9.97 Å². The lowest BCUT2D eigenvalue weighted by atomic mass is 10.2. The van der Waals surface area contributed by atoms with Crippen LogP contribution in [0.15, 0.2) is 36.4 Å². The maximum atomic E-state index is 5.84. The summed E-state index contributed by atoms with van der Waals surface area (Å²) < 4.78 is 0.493. The quantitative estimate of drug-likeness (QED) is 0.591. The molecule has 0 atom stereocenters. The smallest absolute Gasteiger partial charge is 0.140 e. The molecular weight excluding hydrogens is 216 g/mol. The van der Waals surface area contributed by atoms with E-state index in [-0.39, 0.29) is 0 Å². The lowest BCUT2D eigenvalue weighted by Gasteiger charge is -2.00. The number of aromatic nitrogens is 2. The van der Waals surface area contributed by atoms with Crippen molar-refractivity contribution < 1.29 is 0 Å². The molecule has 4 heteroatoms. The van der Waals surface area contributed by atoms with E-state index >= 15 is 0 Å². The van der Waals surface area contributed by atoms with Gasteiger partial charge in [0.2, 0.25) is 0 Å². The molecule has 1 N–H and O–H groups in total. The first-order chi connectivity index (χ1) is 6.75. The van der Waals surface area contributed by atoms with E-state index in [4.69, 9.17) is 23.8 Å². The normalized spacial score (nSPS) is 10.1. The van der Waals surface area contributed by atoms with Crippen LogP contribution in [-0.4, -0.2) is 9.97 Å². The number of hydrogen-bond donors (Lipinski definition) is 1. The van der Waals surface area contributed by atoms with Gasteiger partial charge in [-0.05, 0) is 0 Å². The van der Waals surface area contributed by atoms with E-state index < -0.39 is 0 Å². The maximum Gasteiger partial charge on any atom is 0.140 e. The molecule has 0 fully saturated rings. The molecule has 70 valence electrons. The standard InChI is InChI=1S/C10H7ClN2S/c11-8-6-9(14)13-10(12-8)7-4-2-1-3-5-7/h1-6H,(H,12,13,14). The van der Waals surface area contributed by atoms with Crippen LogP contribution < -0.4 is 0 Å². The number of rotatable bonds is 1. The summed E-state index contributed by atoms with van der Waals surface area (Å²) in [4.78, 5) is 7.13. The monoisotopic (exact) mass is 222 g/mol. The number of hydrogen-bond acceptors (Lipinski definition) is 2. The molecule has 14 heavy (non-hydrogen) atoms. The van der Waals surface area contributed by atoms with E-state index in [1.54, 1.807) is 6.07 Å². The molecule has 0 aliphatic carbocycles. The Morgan fingerprint density at radius 2 is 1.93 bits per heavy atom. The van der Waals surface area contributed by atoms with Crippen LogP contribution in [0.3, 0.4) is 0 Å². The predicted octanol–water partition coefficient (Wildman–Crippen LogP) is 3.46. The van der Waals surface area contributed by atoms with Gasteiger partial charge < -0.3 is 4.98 Å². The second-order valence-electron chi connectivity index (χ2n) is 2.78. The minimum Gasteiger partial charge on any atom is -0.330 e. The van der Waals surface area contributed by atoms with Gasteiger partial charge in [-0.3, -0.25) is 0 Å². The highest BCUT2D eigenvalue weighted by atomic mass is 35.5. The molecule has 1 aromatic heterocycles. The summed E-state index contributed by atoms with van der Waals surface area (Å²) in [5, 5.41) is 0.504. The number of benzene rings is 1. The van der Waals surface area contributed by atoms with Crippen LogP contribution in [0, 0.1) is 4.64 Å². The van der Waals surface area contributed by atoms with Crippen LogP contribution in [0.2, 0.25) is 5.15 Å². The second-order valence-corrected chi connectivity index (χ2v) is 3.61. The predicted molar refractivity (Wildman–Crippen MR) is 59.9 cm³/mol. The molecule has 0 spiro atoms. The molecule has 2 aromatic rings. The first-order valence-corrected chi connectivity index (χ1v) is 4.86. The first-order valence-electron chi connectivity index (χ1n) is 4.08. The lowest BCUT2D eigenvalue weighted by Crippen LogP contribution is -1.88. The molecule has 0 saturated carbocycles. The fraction of sp³-hybridized carbons (Fsp3) is 0. The molecule has 0 aliphatic rings. The van der Waals surface area contributed by atoms with Crippen molar-refractivity contribution >= 4 is 23.8 Å². The molecule has 0 aliphatic heterocycles. The van der Waals surface area contributed by atoms with Gasteiger partial charge in [0.15, 0.2) is 0 Å². The van der Waals surface area contributed by atoms with Gasteiger partial charge in [0, 0.05) is 11.6 Å². The van der Waals surface area contributed by atoms with Gasteiger partial charge in [-0.2, -0.15) is 0 Å². The lowest BCUT2D eigenvalue weighted by molar-refractivity contribution is 1.16. The van der Waals surface area contributed by atoms with E-state index in [0.717, 1.165) is 5.56 Å². The summed E-state index contributed by atoms with van der Waals surface area (Å²) in [6.45, 7) is 0. The van der Waals surface area contributed by atoms with Crippen LogP contribution in [0.1, 0.15) is 0 Å². The second kappa shape index (κ2) is 3.90. The van der Waals surface area contributed by atoms with Crippen molar-refractivity contribution in [2.45, 2.75) is 0 Å². The summed E-state index contributed by atoms with van der Waals surface area (Å²) in [6.07, 6.45) is 0. The summed E-state index contributed by atoms with van der Waals surface area (Å²) in [6, 6.07) is 11.3. The van der Waals surface area contributed by atoms with Crippen molar-refractivity contribution in [1.82, 2.24) is 9.97 Å². The van der Waals surface area contributed by atoms with Gasteiger partial charge >= 0.3 is 0 Å². The largest absolute Gasteiger partial charge is 0.330 e. The van der Waals surface area contributed by atoms with E-state index in [0.29, 0.717) is 15.6 Å². The van der Waals surface area contributed by atoms with E-state index in [1.165, 1.54) is 0 Å². The average molecular weight is 223 g/mol. The van der Waals surface area contributed by atoms with Gasteiger partial charge in [0.1, 0.15) is 15.6 Å². The van der Waals surface area contributed by atoms with Gasteiger partial charge in [-0.1, -0.05) is 54.2 Å². The number of H-pyrrole nitrogens is 1. The number of nitrogens with one attached hydrogen (secondary N) is 1. The maximum absolute atomic E-state index is 5.84. The van der Waals surface area contributed by atoms with Crippen molar-refractivity contribution in [2.24, 2.45) is 0 Å². The molecule has 0 bridgehead atoms. The number of halogens is 1. The SMILES string of the molecule is S=c1cc(Cl)[nH]c(-c2ccccc2)n1. The van der Waals surface area contributed by atoms with E-state index in [9.17, 15) is 0 Å². The fourth-order valence-electron chi connectivity index (χ4n) is 1.16. The van der Waals surface area contributed by atoms with Gasteiger partial charge in [0.05, 0.1) is 0 Å². The average Bonchev–Trinajstić information content (AvgIpc) is 2.18. The summed E-state index contributed by atoms with van der Waals surface area (Å²) in [7, 11) is 0. The topological polar surface area (TPSA) is 28.7 Å². The Balaban J connectivity index is 2.58. The highest BCUT2D eigenvalue weighted by molar-refractivity contribution is 7.71. The Bertz CT molecular complexity index is 493. The molecule has 2 rings (SSSR count). The molecule has 1 heterocycles. The van der Waals surface area contributed by atoms with Gasteiger partial charge in [0.25, 0.3) is 0 Å². The zero-order valence-corrected chi connectivity index (χ0v) is 8.77. The minimum atomic E-state index is 0.493. The van der Waals surface area contributed by atoms with Crippen LogP contribution in [-0.2, 0) is 0 Å². The summed E-state index contributed by atoms with van der Waals surface area (Å²) in [5.41, 5.74) is 0.973.